The van der Waals surface area contributed by atoms with Gasteiger partial charge in [-0.05, 0) is 6.42 Å². The standard InChI is InChI=1S/C8H13N3O2/c1-4-6-7(5-11(2)10-6)9-8(12)13-3/h5H,4H2,1-3H3,(H,9,12). The van der Waals surface area contributed by atoms with Gasteiger partial charge in [-0.2, -0.15) is 5.10 Å². The summed E-state index contributed by atoms with van der Waals surface area (Å²) in [7, 11) is 3.14. The Hall–Kier alpha value is -1.52. The van der Waals surface area contributed by atoms with Crippen LogP contribution in [0.15, 0.2) is 6.20 Å². The van der Waals surface area contributed by atoms with Crippen molar-refractivity contribution in [3.63, 3.8) is 0 Å². The SMILES string of the molecule is CCc1nn(C)cc1NC(=O)OC. The summed E-state index contributed by atoms with van der Waals surface area (Å²) in [6.07, 6.45) is 2.05. The lowest BCUT2D eigenvalue weighted by atomic mass is 10.3. The lowest BCUT2D eigenvalue weighted by Gasteiger charge is -2.00. The van der Waals surface area contributed by atoms with Gasteiger partial charge in [0.1, 0.15) is 0 Å². The Labute approximate surface area is 76.7 Å². The van der Waals surface area contributed by atoms with Gasteiger partial charge in [0.05, 0.1) is 18.5 Å². The maximum atomic E-state index is 10.9. The number of carbonyl (C=O) groups is 1. The number of hydrogen-bond acceptors (Lipinski definition) is 3. The summed E-state index contributed by atoms with van der Waals surface area (Å²) in [5, 5.41) is 6.75. The van der Waals surface area contributed by atoms with Crippen molar-refractivity contribution in [2.45, 2.75) is 13.3 Å². The Morgan fingerprint density at radius 1 is 1.77 bits per heavy atom. The third kappa shape index (κ3) is 2.21. The van der Waals surface area contributed by atoms with E-state index in [9.17, 15) is 4.79 Å². The number of anilines is 1. The molecule has 0 saturated carbocycles. The molecule has 5 heteroatoms. The van der Waals surface area contributed by atoms with Crippen LogP contribution in [-0.2, 0) is 18.2 Å². The molecule has 0 unspecified atom stereocenters. The number of rotatable bonds is 2. The fraction of sp³-hybridized carbons (Fsp3) is 0.500. The first-order valence-electron chi connectivity index (χ1n) is 4.04. The summed E-state index contributed by atoms with van der Waals surface area (Å²) in [5.41, 5.74) is 1.56. The minimum Gasteiger partial charge on any atom is -0.453 e. The monoisotopic (exact) mass is 183 g/mol. The first-order chi connectivity index (χ1) is 6.17. The largest absolute Gasteiger partial charge is 0.453 e. The molecule has 0 spiro atoms. The van der Waals surface area contributed by atoms with E-state index in [4.69, 9.17) is 0 Å². The predicted octanol–water partition coefficient (Wildman–Crippen LogP) is 1.16. The van der Waals surface area contributed by atoms with Gasteiger partial charge in [0.25, 0.3) is 0 Å². The summed E-state index contributed by atoms with van der Waals surface area (Å²) in [5.74, 6) is 0. The van der Waals surface area contributed by atoms with E-state index in [1.807, 2.05) is 14.0 Å². The summed E-state index contributed by atoms with van der Waals surface area (Å²) >= 11 is 0. The number of hydrogen-bond donors (Lipinski definition) is 1. The van der Waals surface area contributed by atoms with Crippen LogP contribution in [-0.4, -0.2) is 23.0 Å². The van der Waals surface area contributed by atoms with Gasteiger partial charge < -0.3 is 4.74 Å². The number of nitrogens with one attached hydrogen (secondary N) is 1. The van der Waals surface area contributed by atoms with Crippen LogP contribution in [0.4, 0.5) is 10.5 Å². The van der Waals surface area contributed by atoms with Gasteiger partial charge in [0.2, 0.25) is 0 Å². The molecule has 5 nitrogen and oxygen atoms in total. The lowest BCUT2D eigenvalue weighted by molar-refractivity contribution is 0.187. The van der Waals surface area contributed by atoms with Crippen LogP contribution in [0.25, 0.3) is 0 Å². The Balaban J connectivity index is 2.80. The number of carbonyl (C=O) groups excluding carboxylic acids is 1. The highest BCUT2D eigenvalue weighted by molar-refractivity contribution is 5.84. The summed E-state index contributed by atoms with van der Waals surface area (Å²) in [6.45, 7) is 1.98. The molecule has 72 valence electrons. The molecule has 0 aliphatic carbocycles. The molecule has 1 aromatic rings. The molecule has 0 saturated heterocycles. The molecule has 1 N–H and O–H groups in total. The normalized spacial score (nSPS) is 9.77. The smallest absolute Gasteiger partial charge is 0.411 e. The number of methoxy groups -OCH3 is 1. The molecule has 0 bridgehead atoms. The quantitative estimate of drug-likeness (QED) is 0.748. The molecule has 1 heterocycles. The topological polar surface area (TPSA) is 56.2 Å². The first-order valence-corrected chi connectivity index (χ1v) is 4.04. The zero-order valence-electron chi connectivity index (χ0n) is 8.00. The Bertz CT molecular complexity index is 306. The van der Waals surface area contributed by atoms with Crippen molar-refractivity contribution < 1.29 is 9.53 Å². The van der Waals surface area contributed by atoms with Crippen molar-refractivity contribution in [1.29, 1.82) is 0 Å². The van der Waals surface area contributed by atoms with Crippen LogP contribution in [0.5, 0.6) is 0 Å². The second kappa shape index (κ2) is 3.93. The van der Waals surface area contributed by atoms with Gasteiger partial charge in [-0.15, -0.1) is 0 Å². The summed E-state index contributed by atoms with van der Waals surface area (Å²) < 4.78 is 6.13. The maximum absolute atomic E-state index is 10.9. The van der Waals surface area contributed by atoms with Crippen molar-refractivity contribution in [3.8, 4) is 0 Å². The van der Waals surface area contributed by atoms with Crippen LogP contribution >= 0.6 is 0 Å². The molecule has 0 aliphatic rings. The molecule has 1 aromatic heterocycles. The molecule has 13 heavy (non-hydrogen) atoms. The van der Waals surface area contributed by atoms with E-state index in [1.54, 1.807) is 10.9 Å². The van der Waals surface area contributed by atoms with E-state index in [-0.39, 0.29) is 0 Å². The van der Waals surface area contributed by atoms with Crippen molar-refractivity contribution in [3.05, 3.63) is 11.9 Å². The second-order valence-corrected chi connectivity index (χ2v) is 2.63. The molecule has 1 amide bonds. The fourth-order valence-corrected chi connectivity index (χ4v) is 1.06. The van der Waals surface area contributed by atoms with Crippen molar-refractivity contribution in [1.82, 2.24) is 9.78 Å². The minimum atomic E-state index is -0.470. The van der Waals surface area contributed by atoms with Gasteiger partial charge >= 0.3 is 6.09 Å². The second-order valence-electron chi connectivity index (χ2n) is 2.63. The lowest BCUT2D eigenvalue weighted by Crippen LogP contribution is -2.11. The average molecular weight is 183 g/mol. The van der Waals surface area contributed by atoms with E-state index in [2.05, 4.69) is 15.2 Å². The first kappa shape index (κ1) is 9.57. The van der Waals surface area contributed by atoms with Gasteiger partial charge in [-0.3, -0.25) is 10.00 Å². The van der Waals surface area contributed by atoms with E-state index in [1.165, 1.54) is 7.11 Å². The zero-order valence-corrected chi connectivity index (χ0v) is 8.00. The van der Waals surface area contributed by atoms with Crippen LogP contribution in [0.2, 0.25) is 0 Å². The van der Waals surface area contributed by atoms with Crippen molar-refractivity contribution >= 4 is 11.8 Å². The molecule has 0 aliphatic heterocycles. The van der Waals surface area contributed by atoms with Crippen LogP contribution < -0.4 is 5.32 Å². The van der Waals surface area contributed by atoms with Gasteiger partial charge in [0, 0.05) is 13.2 Å². The highest BCUT2D eigenvalue weighted by Gasteiger charge is 2.08. The predicted molar refractivity (Wildman–Crippen MR) is 48.6 cm³/mol. The molecular weight excluding hydrogens is 170 g/mol. The Morgan fingerprint density at radius 3 is 3.00 bits per heavy atom. The van der Waals surface area contributed by atoms with E-state index in [0.29, 0.717) is 5.69 Å². The van der Waals surface area contributed by atoms with Crippen LogP contribution in [0.3, 0.4) is 0 Å². The molecule has 0 fully saturated rings. The molecule has 0 atom stereocenters. The fourth-order valence-electron chi connectivity index (χ4n) is 1.06. The molecule has 1 rings (SSSR count). The van der Waals surface area contributed by atoms with Gasteiger partial charge in [-0.25, -0.2) is 4.79 Å². The van der Waals surface area contributed by atoms with Crippen LogP contribution in [0.1, 0.15) is 12.6 Å². The number of aromatic nitrogens is 2. The summed E-state index contributed by atoms with van der Waals surface area (Å²) in [4.78, 5) is 10.9. The van der Waals surface area contributed by atoms with E-state index in [0.717, 1.165) is 12.1 Å². The number of aryl methyl sites for hydroxylation is 2. The highest BCUT2D eigenvalue weighted by Crippen LogP contribution is 2.13. The number of ether oxygens (including phenoxy) is 1. The van der Waals surface area contributed by atoms with E-state index >= 15 is 0 Å². The van der Waals surface area contributed by atoms with Gasteiger partial charge in [0.15, 0.2) is 0 Å². The van der Waals surface area contributed by atoms with E-state index < -0.39 is 6.09 Å². The van der Waals surface area contributed by atoms with Crippen molar-refractivity contribution in [2.75, 3.05) is 12.4 Å². The number of amides is 1. The average Bonchev–Trinajstić information content (AvgIpc) is 2.46. The van der Waals surface area contributed by atoms with Crippen LogP contribution in [0, 0.1) is 0 Å². The molecule has 0 radical (unpaired) electrons. The van der Waals surface area contributed by atoms with Gasteiger partial charge in [-0.1, -0.05) is 6.92 Å². The maximum Gasteiger partial charge on any atom is 0.411 e. The third-order valence-electron chi connectivity index (χ3n) is 1.66. The Morgan fingerprint density at radius 2 is 2.46 bits per heavy atom. The highest BCUT2D eigenvalue weighted by atomic mass is 16.5. The third-order valence-corrected chi connectivity index (χ3v) is 1.66. The van der Waals surface area contributed by atoms with Crippen molar-refractivity contribution in [2.24, 2.45) is 7.05 Å². The Kier molecular flexibility index (Phi) is 2.89. The minimum absolute atomic E-state index is 0.470. The number of nitrogens with zero attached hydrogens (tertiary/aromatic N) is 2. The zero-order chi connectivity index (χ0) is 9.84. The molecule has 0 aromatic carbocycles. The summed E-state index contributed by atoms with van der Waals surface area (Å²) in [6, 6.07) is 0. The molecular formula is C8H13N3O2.